The number of rotatable bonds is 48. The van der Waals surface area contributed by atoms with Crippen molar-refractivity contribution in [3.63, 3.8) is 0 Å². The molecule has 32 heteroatoms. The monoisotopic (exact) mass is 1350 g/mol. The van der Waals surface area contributed by atoms with E-state index >= 15 is 0 Å². The van der Waals surface area contributed by atoms with Gasteiger partial charge in [-0.3, -0.25) is 0 Å². The molecule has 1 aliphatic carbocycles. The molecule has 0 bridgehead atoms. The van der Waals surface area contributed by atoms with Crippen molar-refractivity contribution in [2.75, 3.05) is 102 Å². The van der Waals surface area contributed by atoms with Gasteiger partial charge in [0.05, 0.1) is 43.2 Å². The van der Waals surface area contributed by atoms with E-state index in [1.54, 1.807) is 0 Å². The summed E-state index contributed by atoms with van der Waals surface area (Å²) in [6.45, 7) is 39.7. The van der Waals surface area contributed by atoms with Crippen LogP contribution in [0.3, 0.4) is 0 Å². The molecule has 12 nitrogen and oxygen atoms in total. The quantitative estimate of drug-likeness (QED) is 0.0249. The lowest BCUT2D eigenvalue weighted by atomic mass is 10.3. The minimum atomic E-state index is -3.17. The van der Waals surface area contributed by atoms with Gasteiger partial charge in [-0.15, -0.1) is 0 Å². The van der Waals surface area contributed by atoms with Gasteiger partial charge >= 0.3 is 31.8 Å². The van der Waals surface area contributed by atoms with Crippen LogP contribution in [0.5, 0.6) is 0 Å². The third-order valence-electron chi connectivity index (χ3n) is 8.08. The molecular formula is C37H86O12S16Si4+4. The Morgan fingerprint density at radius 1 is 0.290 bits per heavy atom. The minimum absolute atomic E-state index is 0.399. The fraction of sp³-hybridized carbons (Fsp3) is 1.00. The Hall–Kier alpha value is 5.99. The smallest absolute Gasteiger partial charge is 0.331 e. The molecule has 0 spiro atoms. The first-order valence-electron chi connectivity index (χ1n) is 24.0. The minimum Gasteiger partial charge on any atom is -0.331 e. The van der Waals surface area contributed by atoms with E-state index in [2.05, 4.69) is 111 Å². The van der Waals surface area contributed by atoms with E-state index < -0.39 is 73.6 Å². The normalized spacial score (nSPS) is 20.2. The molecule has 0 amide bonds. The van der Waals surface area contributed by atoms with Crippen molar-refractivity contribution in [1.82, 2.24) is 0 Å². The molecule has 1 saturated carbocycles. The van der Waals surface area contributed by atoms with E-state index in [0.29, 0.717) is 79.3 Å². The van der Waals surface area contributed by atoms with Gasteiger partial charge < -0.3 is 53.1 Å². The van der Waals surface area contributed by atoms with Gasteiger partial charge in [-0.1, -0.05) is 27.7 Å². The summed E-state index contributed by atoms with van der Waals surface area (Å²) in [5.74, 6) is 3.62. The lowest BCUT2D eigenvalue weighted by Crippen LogP contribution is -2.52. The molecule has 1 rings (SSSR count). The molecule has 4 atom stereocenters. The number of hydrogen-bond acceptors (Lipinski definition) is 24. The van der Waals surface area contributed by atoms with Crippen molar-refractivity contribution >= 4 is 191 Å². The van der Waals surface area contributed by atoms with Crippen molar-refractivity contribution in [1.29, 1.82) is 0 Å². The molecule has 0 aromatic heterocycles. The van der Waals surface area contributed by atoms with Crippen molar-refractivity contribution in [2.45, 2.75) is 138 Å². The summed E-state index contributed by atoms with van der Waals surface area (Å²) in [5.41, 5.74) is 0. The van der Waals surface area contributed by atoms with Crippen LogP contribution in [0.25, 0.3) is 0 Å². The molecule has 0 heterocycles. The zero-order valence-electron chi connectivity index (χ0n) is 43.9. The predicted octanol–water partition coefficient (Wildman–Crippen LogP) is 15.1. The van der Waals surface area contributed by atoms with Gasteiger partial charge in [-0.25, -0.2) is 0 Å². The van der Waals surface area contributed by atoms with Crippen LogP contribution < -0.4 is 0 Å². The van der Waals surface area contributed by atoms with Crippen LogP contribution >= 0.6 is 126 Å². The Morgan fingerprint density at radius 2 is 0.449 bits per heavy atom. The van der Waals surface area contributed by atoms with E-state index in [4.69, 9.17) is 53.1 Å². The van der Waals surface area contributed by atoms with Crippen LogP contribution in [0.15, 0.2) is 0 Å². The van der Waals surface area contributed by atoms with Crippen LogP contribution in [-0.2, 0) is 86.7 Å². The number of hydrogen-bond donors (Lipinski definition) is 0. The van der Waals surface area contributed by atoms with Crippen LogP contribution in [0.4, 0.5) is 0 Å². The Bertz CT molecular complexity index is 1050. The van der Waals surface area contributed by atoms with Gasteiger partial charge in [0, 0.05) is 102 Å². The van der Waals surface area contributed by atoms with Crippen LogP contribution in [0, 0.1) is 0 Å². The van der Waals surface area contributed by atoms with E-state index in [1.807, 2.05) is 126 Å². The highest BCUT2D eigenvalue weighted by atomic mass is 33.8. The summed E-state index contributed by atoms with van der Waals surface area (Å²) in [6, 6.07) is 0. The Labute approximate surface area is 478 Å². The fourth-order valence-corrected chi connectivity index (χ4v) is 96.3. The Kier molecular flexibility index (Phi) is 44.3. The SMILES string of the molecule is CCO[Si](OCC)(OCC)[S+](SCC)SSC1(SS[S+](SCC)[Si](OCC)(OCC)OCC)CCCC1(SS[S+](SCC)[Si](OCC)(OCC)OCC)SS[S+](SCC)[Si](OCC)(OCC)OCC. The van der Waals surface area contributed by atoms with E-state index in [1.165, 1.54) is 0 Å². The molecule has 4 unspecified atom stereocenters. The van der Waals surface area contributed by atoms with Gasteiger partial charge in [0.15, 0.2) is 72.9 Å². The molecule has 69 heavy (non-hydrogen) atoms. The summed E-state index contributed by atoms with van der Waals surface area (Å²) < 4.78 is 79.6. The third-order valence-corrected chi connectivity index (χ3v) is 89.0. The molecule has 1 aliphatic rings. The predicted molar refractivity (Wildman–Crippen MR) is 345 cm³/mol. The van der Waals surface area contributed by atoms with Gasteiger partial charge in [-0.05, 0) is 146 Å². The first kappa shape index (κ1) is 73.0. The third kappa shape index (κ3) is 22.3. The largest absolute Gasteiger partial charge is 0.808 e. The molecule has 1 fully saturated rings. The van der Waals surface area contributed by atoms with Gasteiger partial charge in [0.2, 0.25) is 0 Å². The highest BCUT2D eigenvalue weighted by molar-refractivity contribution is 9.34. The van der Waals surface area contributed by atoms with Crippen LogP contribution in [0.1, 0.15) is 130 Å². The second-order valence-electron chi connectivity index (χ2n) is 12.7. The molecule has 0 aromatic rings. The maximum absolute atomic E-state index is 6.70. The molecule has 0 aromatic carbocycles. The van der Waals surface area contributed by atoms with E-state index in [9.17, 15) is 0 Å². The van der Waals surface area contributed by atoms with Crippen LogP contribution in [-0.4, -0.2) is 142 Å². The summed E-state index contributed by atoms with van der Waals surface area (Å²) >= 11 is 0. The highest BCUT2D eigenvalue weighted by Gasteiger charge is 2.74. The van der Waals surface area contributed by atoms with E-state index in [-0.39, 0.29) is 0 Å². The van der Waals surface area contributed by atoms with Gasteiger partial charge in [0.1, 0.15) is 8.16 Å². The molecule has 0 aliphatic heterocycles. The second-order valence-corrected chi connectivity index (χ2v) is 69.7. The Balaban J connectivity index is 4.50. The van der Waals surface area contributed by atoms with Crippen LogP contribution in [0.2, 0.25) is 0 Å². The lowest BCUT2D eigenvalue weighted by Gasteiger charge is -2.40. The van der Waals surface area contributed by atoms with Crippen molar-refractivity contribution in [2.24, 2.45) is 0 Å². The first-order chi connectivity index (χ1) is 33.3. The topological polar surface area (TPSA) is 111 Å². The van der Waals surface area contributed by atoms with Crippen molar-refractivity contribution in [3.05, 3.63) is 0 Å². The van der Waals surface area contributed by atoms with Crippen molar-refractivity contribution < 1.29 is 53.1 Å². The molecule has 414 valence electrons. The van der Waals surface area contributed by atoms with Crippen molar-refractivity contribution in [3.8, 4) is 0 Å². The zero-order valence-corrected chi connectivity index (χ0v) is 60.9. The molecule has 0 N–H and O–H groups in total. The average molecular weight is 1350 g/mol. The molecule has 0 saturated heterocycles. The maximum Gasteiger partial charge on any atom is 0.808 e. The summed E-state index contributed by atoms with van der Waals surface area (Å²) in [7, 11) is 8.74. The average Bonchev–Trinajstić information content (AvgIpc) is 3.67. The standard InChI is InChI=1S/C37H86O12S16Si4/c1-17-38-66(39-18-2,40-19-3)62(50-29-13)58-54-36(55-59-63(51-30-14)67(41-20-4,42-21-5)43-22-6)34-33-35-37(36,56-60-64(52-31-15)68(44-23-7,45-24-8)46-25-9)57-61-65(53-32-16)69(47-26-10,48-27-11)49-28-12/h17-35H2,1-16H3/q+4. The first-order valence-corrected chi connectivity index (χ1v) is 55.3. The summed E-state index contributed by atoms with van der Waals surface area (Å²) in [6.07, 6.45) is 2.95. The lowest BCUT2D eigenvalue weighted by molar-refractivity contribution is 0.0958. The fourth-order valence-electron chi connectivity index (χ4n) is 5.89. The highest BCUT2D eigenvalue weighted by Crippen LogP contribution is 2.77. The summed E-state index contributed by atoms with van der Waals surface area (Å²) in [4.78, 5) is 0. The summed E-state index contributed by atoms with van der Waals surface area (Å²) in [5, 5.41) is 0. The molecule has 0 radical (unpaired) electrons. The Morgan fingerprint density at radius 3 is 0.580 bits per heavy atom. The van der Waals surface area contributed by atoms with Gasteiger partial charge in [0.25, 0.3) is 0 Å². The zero-order chi connectivity index (χ0) is 51.7. The van der Waals surface area contributed by atoms with Gasteiger partial charge in [-0.2, -0.15) is 0 Å². The van der Waals surface area contributed by atoms with E-state index in [0.717, 1.165) is 42.3 Å². The second kappa shape index (κ2) is 41.9. The molecular weight excluding hydrogens is 1260 g/mol. The maximum atomic E-state index is 6.70.